The van der Waals surface area contributed by atoms with Gasteiger partial charge in [0.05, 0.1) is 0 Å². The number of ether oxygens (including phenoxy) is 1. The fourth-order valence-corrected chi connectivity index (χ4v) is 1.36. The highest BCUT2D eigenvalue weighted by atomic mass is 19.1. The second kappa shape index (κ2) is 5.13. The molecule has 2 rings (SSSR count). The molecule has 0 saturated carbocycles. The first-order valence-corrected chi connectivity index (χ1v) is 5.18. The molecular formula is C12H8F4N2O. The normalized spacial score (nSPS) is 10.4. The van der Waals surface area contributed by atoms with Crippen molar-refractivity contribution in [2.45, 2.75) is 0 Å². The first-order valence-electron chi connectivity index (χ1n) is 5.18. The van der Waals surface area contributed by atoms with E-state index in [1.807, 2.05) is 0 Å². The third-order valence-electron chi connectivity index (χ3n) is 2.23. The van der Waals surface area contributed by atoms with Gasteiger partial charge in [0.25, 0.3) is 5.88 Å². The topological polar surface area (TPSA) is 34.2 Å². The molecule has 19 heavy (non-hydrogen) atoms. The molecule has 0 spiro atoms. The lowest BCUT2D eigenvalue weighted by Crippen LogP contribution is -2.01. The van der Waals surface area contributed by atoms with Gasteiger partial charge in [0, 0.05) is 19.2 Å². The zero-order valence-corrected chi connectivity index (χ0v) is 9.68. The van der Waals surface area contributed by atoms with Crippen molar-refractivity contribution < 1.29 is 22.3 Å². The monoisotopic (exact) mass is 272 g/mol. The first-order chi connectivity index (χ1) is 9.01. The van der Waals surface area contributed by atoms with E-state index in [-0.39, 0.29) is 5.82 Å². The van der Waals surface area contributed by atoms with Gasteiger partial charge in [-0.05, 0) is 12.1 Å². The van der Waals surface area contributed by atoms with E-state index in [1.54, 1.807) is 0 Å². The van der Waals surface area contributed by atoms with Crippen molar-refractivity contribution in [1.29, 1.82) is 0 Å². The van der Waals surface area contributed by atoms with Crippen LogP contribution in [-0.2, 0) is 0 Å². The highest BCUT2D eigenvalue weighted by Crippen LogP contribution is 2.28. The maximum Gasteiger partial charge on any atom is 0.258 e. The largest absolute Gasteiger partial charge is 0.433 e. The molecule has 100 valence electrons. The molecule has 0 atom stereocenters. The molecule has 0 aliphatic heterocycles. The van der Waals surface area contributed by atoms with E-state index in [9.17, 15) is 17.6 Å². The van der Waals surface area contributed by atoms with Crippen molar-refractivity contribution in [2.75, 3.05) is 12.4 Å². The van der Waals surface area contributed by atoms with Crippen molar-refractivity contribution in [1.82, 2.24) is 4.98 Å². The number of benzene rings is 1. The van der Waals surface area contributed by atoms with Crippen LogP contribution in [0.25, 0.3) is 0 Å². The first kappa shape index (κ1) is 13.1. The summed E-state index contributed by atoms with van der Waals surface area (Å²) in [7, 11) is 1.37. The van der Waals surface area contributed by atoms with E-state index in [0.29, 0.717) is 6.07 Å². The summed E-state index contributed by atoms with van der Waals surface area (Å²) in [5.74, 6) is -5.17. The fourth-order valence-electron chi connectivity index (χ4n) is 1.36. The van der Waals surface area contributed by atoms with E-state index >= 15 is 0 Å². The molecule has 1 aromatic carbocycles. The Morgan fingerprint density at radius 1 is 1.00 bits per heavy atom. The summed E-state index contributed by atoms with van der Waals surface area (Å²) in [6.45, 7) is 0. The standard InChI is InChI=1S/C12H8F4N2O/c1-17-11-8(15)5-9(16)12(18-11)19-10-4-6(13)2-3-7(10)14/h2-5H,1H3,(H,17,18). The van der Waals surface area contributed by atoms with Gasteiger partial charge >= 0.3 is 0 Å². The molecular weight excluding hydrogens is 264 g/mol. The van der Waals surface area contributed by atoms with Crippen LogP contribution in [-0.4, -0.2) is 12.0 Å². The van der Waals surface area contributed by atoms with Gasteiger partial charge in [-0.2, -0.15) is 4.98 Å². The SMILES string of the molecule is CNc1nc(Oc2cc(F)ccc2F)c(F)cc1F. The summed E-state index contributed by atoms with van der Waals surface area (Å²) in [6, 6.07) is 2.98. The number of nitrogens with zero attached hydrogens (tertiary/aromatic N) is 1. The van der Waals surface area contributed by atoms with E-state index < -0.39 is 34.9 Å². The lowest BCUT2D eigenvalue weighted by atomic mass is 10.3. The van der Waals surface area contributed by atoms with Crippen LogP contribution < -0.4 is 10.1 Å². The van der Waals surface area contributed by atoms with Gasteiger partial charge in [0.1, 0.15) is 5.82 Å². The Hall–Kier alpha value is -2.31. The Kier molecular flexibility index (Phi) is 3.55. The van der Waals surface area contributed by atoms with Gasteiger partial charge in [-0.1, -0.05) is 0 Å². The number of hydrogen-bond donors (Lipinski definition) is 1. The number of aromatic nitrogens is 1. The molecule has 1 N–H and O–H groups in total. The van der Waals surface area contributed by atoms with Crippen LogP contribution in [0.15, 0.2) is 24.3 Å². The molecule has 0 unspecified atom stereocenters. The molecule has 7 heteroatoms. The summed E-state index contributed by atoms with van der Waals surface area (Å²) in [5.41, 5.74) is 0. The summed E-state index contributed by atoms with van der Waals surface area (Å²) in [6.07, 6.45) is 0. The van der Waals surface area contributed by atoms with Crippen molar-refractivity contribution in [3.05, 3.63) is 47.5 Å². The Morgan fingerprint density at radius 3 is 2.42 bits per heavy atom. The maximum absolute atomic E-state index is 13.4. The zero-order valence-electron chi connectivity index (χ0n) is 9.68. The fraction of sp³-hybridized carbons (Fsp3) is 0.0833. The van der Waals surface area contributed by atoms with Crippen LogP contribution in [0.1, 0.15) is 0 Å². The van der Waals surface area contributed by atoms with Crippen LogP contribution in [0.4, 0.5) is 23.4 Å². The van der Waals surface area contributed by atoms with Gasteiger partial charge in [-0.25, -0.2) is 17.6 Å². The van der Waals surface area contributed by atoms with Crippen molar-refractivity contribution in [3.63, 3.8) is 0 Å². The summed E-state index contributed by atoms with van der Waals surface area (Å²) < 4.78 is 57.6. The molecule has 0 aliphatic carbocycles. The molecule has 0 saturated heterocycles. The highest BCUT2D eigenvalue weighted by molar-refractivity contribution is 5.40. The second-order valence-corrected chi connectivity index (χ2v) is 3.53. The van der Waals surface area contributed by atoms with Crippen LogP contribution in [0, 0.1) is 23.3 Å². The summed E-state index contributed by atoms with van der Waals surface area (Å²) in [4.78, 5) is 3.48. The minimum atomic E-state index is -1.12. The predicted molar refractivity (Wildman–Crippen MR) is 60.1 cm³/mol. The molecule has 2 aromatic rings. The van der Waals surface area contributed by atoms with E-state index in [2.05, 4.69) is 10.3 Å². The highest BCUT2D eigenvalue weighted by Gasteiger charge is 2.15. The third-order valence-corrected chi connectivity index (χ3v) is 2.23. The number of pyridine rings is 1. The molecule has 0 radical (unpaired) electrons. The summed E-state index contributed by atoms with van der Waals surface area (Å²) >= 11 is 0. The Balaban J connectivity index is 2.40. The molecule has 0 bridgehead atoms. The van der Waals surface area contributed by atoms with Crippen LogP contribution in [0.2, 0.25) is 0 Å². The van der Waals surface area contributed by atoms with E-state index in [4.69, 9.17) is 4.74 Å². The van der Waals surface area contributed by atoms with Crippen molar-refractivity contribution >= 4 is 5.82 Å². The summed E-state index contributed by atoms with van der Waals surface area (Å²) in [5, 5.41) is 2.37. The second-order valence-electron chi connectivity index (χ2n) is 3.53. The quantitative estimate of drug-likeness (QED) is 0.869. The number of nitrogens with one attached hydrogen (secondary N) is 1. The van der Waals surface area contributed by atoms with Crippen molar-refractivity contribution in [3.8, 4) is 11.6 Å². The molecule has 0 fully saturated rings. The number of anilines is 1. The molecule has 0 amide bonds. The van der Waals surface area contributed by atoms with E-state index in [1.165, 1.54) is 7.05 Å². The lowest BCUT2D eigenvalue weighted by molar-refractivity contribution is 0.392. The molecule has 3 nitrogen and oxygen atoms in total. The minimum absolute atomic E-state index is 0.270. The average Bonchev–Trinajstić information content (AvgIpc) is 2.37. The lowest BCUT2D eigenvalue weighted by Gasteiger charge is -2.09. The van der Waals surface area contributed by atoms with Crippen LogP contribution in [0.5, 0.6) is 11.6 Å². The van der Waals surface area contributed by atoms with Crippen LogP contribution in [0.3, 0.4) is 0 Å². The van der Waals surface area contributed by atoms with Crippen molar-refractivity contribution in [2.24, 2.45) is 0 Å². The minimum Gasteiger partial charge on any atom is -0.433 e. The predicted octanol–water partition coefficient (Wildman–Crippen LogP) is 3.47. The average molecular weight is 272 g/mol. The Morgan fingerprint density at radius 2 is 1.74 bits per heavy atom. The molecule has 0 aliphatic rings. The zero-order chi connectivity index (χ0) is 14.0. The van der Waals surface area contributed by atoms with Gasteiger partial charge in [-0.3, -0.25) is 0 Å². The van der Waals surface area contributed by atoms with Gasteiger partial charge in [0.15, 0.2) is 29.0 Å². The van der Waals surface area contributed by atoms with Gasteiger partial charge in [0.2, 0.25) is 0 Å². The van der Waals surface area contributed by atoms with Crippen LogP contribution >= 0.6 is 0 Å². The van der Waals surface area contributed by atoms with Gasteiger partial charge < -0.3 is 10.1 Å². The van der Waals surface area contributed by atoms with Gasteiger partial charge in [-0.15, -0.1) is 0 Å². The Bertz CT molecular complexity index is 619. The smallest absolute Gasteiger partial charge is 0.258 e. The maximum atomic E-state index is 13.4. The number of rotatable bonds is 3. The molecule has 1 heterocycles. The van der Waals surface area contributed by atoms with E-state index in [0.717, 1.165) is 18.2 Å². The third kappa shape index (κ3) is 2.75. The number of halogens is 4. The number of hydrogen-bond acceptors (Lipinski definition) is 3. The Labute approximate surface area is 105 Å². The molecule has 1 aromatic heterocycles.